The van der Waals surface area contributed by atoms with E-state index in [2.05, 4.69) is 45.0 Å². The molecule has 0 radical (unpaired) electrons. The number of anilines is 1. The fourth-order valence-electron chi connectivity index (χ4n) is 2.79. The van der Waals surface area contributed by atoms with E-state index < -0.39 is 0 Å². The maximum Gasteiger partial charge on any atom is 0.139 e. The number of hydrogen-bond donors (Lipinski definition) is 1. The first-order valence-electron chi connectivity index (χ1n) is 6.88. The molecular weight excluding hydrogens is 246 g/mol. The molecular formula is C17H19N3. The van der Waals surface area contributed by atoms with Gasteiger partial charge in [0.15, 0.2) is 0 Å². The molecule has 1 unspecified atom stereocenters. The number of hydrogen-bond acceptors (Lipinski definition) is 2. The maximum absolute atomic E-state index is 6.33. The van der Waals surface area contributed by atoms with Crippen molar-refractivity contribution in [3.63, 3.8) is 0 Å². The Bertz CT molecular complexity index is 757. The van der Waals surface area contributed by atoms with Gasteiger partial charge in [0.1, 0.15) is 11.5 Å². The summed E-state index contributed by atoms with van der Waals surface area (Å²) in [7, 11) is 0. The number of nitrogens with two attached hydrogens (primary N) is 1. The molecule has 3 rings (SSSR count). The fourth-order valence-corrected chi connectivity index (χ4v) is 2.79. The molecule has 1 aromatic carbocycles. The topological polar surface area (TPSA) is 43.3 Å². The summed E-state index contributed by atoms with van der Waals surface area (Å²) in [4.78, 5) is 4.75. The average Bonchev–Trinajstić information content (AvgIpc) is 2.76. The molecule has 2 aromatic heterocycles. The van der Waals surface area contributed by atoms with Crippen LogP contribution in [0.3, 0.4) is 0 Å². The Morgan fingerprint density at radius 1 is 1.10 bits per heavy atom. The van der Waals surface area contributed by atoms with Crippen molar-refractivity contribution >= 4 is 11.5 Å². The second-order valence-electron chi connectivity index (χ2n) is 5.38. The summed E-state index contributed by atoms with van der Waals surface area (Å²) in [6.45, 7) is 6.29. The van der Waals surface area contributed by atoms with Crippen molar-refractivity contribution in [3.8, 4) is 0 Å². The lowest BCUT2D eigenvalue weighted by Gasteiger charge is -2.10. The van der Waals surface area contributed by atoms with Crippen LogP contribution in [0.15, 0.2) is 42.5 Å². The number of rotatable bonds is 2. The summed E-state index contributed by atoms with van der Waals surface area (Å²) in [5.41, 5.74) is 11.8. The van der Waals surface area contributed by atoms with E-state index in [4.69, 9.17) is 10.7 Å². The van der Waals surface area contributed by atoms with Gasteiger partial charge >= 0.3 is 0 Å². The Hall–Kier alpha value is -2.29. The van der Waals surface area contributed by atoms with Gasteiger partial charge in [0.25, 0.3) is 0 Å². The minimum Gasteiger partial charge on any atom is -0.383 e. The van der Waals surface area contributed by atoms with Gasteiger partial charge in [0.05, 0.1) is 5.69 Å². The summed E-state index contributed by atoms with van der Waals surface area (Å²) >= 11 is 0. The van der Waals surface area contributed by atoms with Crippen LogP contribution in [0.5, 0.6) is 0 Å². The molecule has 0 saturated heterocycles. The predicted molar refractivity (Wildman–Crippen MR) is 83.0 cm³/mol. The molecule has 0 aliphatic heterocycles. The minimum absolute atomic E-state index is 0.191. The second kappa shape index (κ2) is 4.67. The molecule has 1 atom stereocenters. The van der Waals surface area contributed by atoms with Crippen LogP contribution >= 0.6 is 0 Å². The van der Waals surface area contributed by atoms with Crippen LogP contribution in [0.2, 0.25) is 0 Å². The van der Waals surface area contributed by atoms with Crippen molar-refractivity contribution in [1.82, 2.24) is 9.38 Å². The Morgan fingerprint density at radius 2 is 1.80 bits per heavy atom. The smallest absolute Gasteiger partial charge is 0.139 e. The maximum atomic E-state index is 6.33. The van der Waals surface area contributed by atoms with Crippen molar-refractivity contribution < 1.29 is 0 Å². The van der Waals surface area contributed by atoms with E-state index in [-0.39, 0.29) is 5.92 Å². The molecule has 0 aliphatic carbocycles. The van der Waals surface area contributed by atoms with Crippen LogP contribution < -0.4 is 5.73 Å². The number of imidazole rings is 1. The van der Waals surface area contributed by atoms with Crippen LogP contribution in [-0.4, -0.2) is 9.38 Å². The van der Waals surface area contributed by atoms with E-state index in [1.807, 2.05) is 22.6 Å². The van der Waals surface area contributed by atoms with E-state index in [0.717, 1.165) is 22.9 Å². The normalized spacial score (nSPS) is 12.8. The van der Waals surface area contributed by atoms with Crippen molar-refractivity contribution in [3.05, 3.63) is 65.0 Å². The van der Waals surface area contributed by atoms with Crippen molar-refractivity contribution in [2.45, 2.75) is 26.7 Å². The SMILES string of the molecule is Cc1cc(C)n2c(N)c(C(C)c3ccccc3)nc2c1. The molecule has 2 N–H and O–H groups in total. The quantitative estimate of drug-likeness (QED) is 0.768. The monoisotopic (exact) mass is 265 g/mol. The van der Waals surface area contributed by atoms with Gasteiger partial charge in [0.2, 0.25) is 0 Å². The lowest BCUT2D eigenvalue weighted by Crippen LogP contribution is -2.03. The Balaban J connectivity index is 2.18. The third-order valence-corrected chi connectivity index (χ3v) is 3.82. The molecule has 20 heavy (non-hydrogen) atoms. The zero-order valence-corrected chi connectivity index (χ0v) is 12.1. The minimum atomic E-state index is 0.191. The average molecular weight is 265 g/mol. The van der Waals surface area contributed by atoms with Gasteiger partial charge in [-0.05, 0) is 37.1 Å². The van der Waals surface area contributed by atoms with Crippen LogP contribution in [-0.2, 0) is 0 Å². The zero-order valence-electron chi connectivity index (χ0n) is 12.1. The number of fused-ring (bicyclic) bond motifs is 1. The number of pyridine rings is 1. The summed E-state index contributed by atoms with van der Waals surface area (Å²) in [5.74, 6) is 0.935. The molecule has 102 valence electrons. The molecule has 3 nitrogen and oxygen atoms in total. The Kier molecular flexibility index (Phi) is 2.97. The number of benzene rings is 1. The molecule has 0 amide bonds. The Labute approximate surface area is 119 Å². The molecule has 0 aliphatic rings. The van der Waals surface area contributed by atoms with Crippen LogP contribution in [0.25, 0.3) is 5.65 Å². The second-order valence-corrected chi connectivity index (χ2v) is 5.38. The Morgan fingerprint density at radius 3 is 2.50 bits per heavy atom. The summed E-state index contributed by atoms with van der Waals surface area (Å²) in [5, 5.41) is 0. The van der Waals surface area contributed by atoms with E-state index in [1.54, 1.807) is 0 Å². The highest BCUT2D eigenvalue weighted by Crippen LogP contribution is 2.29. The summed E-state index contributed by atoms with van der Waals surface area (Å²) in [6, 6.07) is 14.6. The van der Waals surface area contributed by atoms with Gasteiger partial charge in [-0.25, -0.2) is 4.98 Å². The van der Waals surface area contributed by atoms with Crippen molar-refractivity contribution in [2.75, 3.05) is 5.73 Å². The van der Waals surface area contributed by atoms with Gasteiger partial charge in [0, 0.05) is 11.6 Å². The van der Waals surface area contributed by atoms with Gasteiger partial charge in [-0.15, -0.1) is 0 Å². The lowest BCUT2D eigenvalue weighted by atomic mass is 9.98. The first-order chi connectivity index (χ1) is 9.58. The van der Waals surface area contributed by atoms with Gasteiger partial charge in [-0.2, -0.15) is 0 Å². The van der Waals surface area contributed by atoms with E-state index in [1.165, 1.54) is 11.1 Å². The fraction of sp³-hybridized carbons (Fsp3) is 0.235. The highest BCUT2D eigenvalue weighted by Gasteiger charge is 2.18. The highest BCUT2D eigenvalue weighted by atomic mass is 15.1. The summed E-state index contributed by atoms with van der Waals surface area (Å²) < 4.78 is 2.03. The standard InChI is InChI=1S/C17H19N3/c1-11-9-12(2)20-15(10-11)19-16(17(20)18)13(3)14-7-5-4-6-8-14/h4-10,13H,18H2,1-3H3. The van der Waals surface area contributed by atoms with Crippen molar-refractivity contribution in [2.24, 2.45) is 0 Å². The third-order valence-electron chi connectivity index (χ3n) is 3.82. The molecule has 3 aromatic rings. The zero-order chi connectivity index (χ0) is 14.3. The third kappa shape index (κ3) is 1.95. The van der Waals surface area contributed by atoms with E-state index in [9.17, 15) is 0 Å². The van der Waals surface area contributed by atoms with Gasteiger partial charge in [-0.1, -0.05) is 37.3 Å². The van der Waals surface area contributed by atoms with E-state index >= 15 is 0 Å². The highest BCUT2D eigenvalue weighted by molar-refractivity contribution is 5.57. The van der Waals surface area contributed by atoms with E-state index in [0.29, 0.717) is 0 Å². The van der Waals surface area contributed by atoms with Gasteiger partial charge in [-0.3, -0.25) is 4.40 Å². The van der Waals surface area contributed by atoms with Crippen LogP contribution in [0, 0.1) is 13.8 Å². The molecule has 0 saturated carbocycles. The molecule has 0 spiro atoms. The first kappa shape index (κ1) is 12.7. The molecule has 0 bridgehead atoms. The number of aryl methyl sites for hydroxylation is 2. The van der Waals surface area contributed by atoms with Crippen LogP contribution in [0.1, 0.15) is 35.4 Å². The van der Waals surface area contributed by atoms with Gasteiger partial charge < -0.3 is 5.73 Å². The molecule has 2 heterocycles. The molecule has 3 heteroatoms. The molecule has 0 fully saturated rings. The first-order valence-corrected chi connectivity index (χ1v) is 6.88. The van der Waals surface area contributed by atoms with Crippen molar-refractivity contribution in [1.29, 1.82) is 0 Å². The summed E-state index contributed by atoms with van der Waals surface area (Å²) in [6.07, 6.45) is 0. The van der Waals surface area contributed by atoms with Crippen LogP contribution in [0.4, 0.5) is 5.82 Å². The predicted octanol–water partition coefficient (Wildman–Crippen LogP) is 3.69. The number of nitrogen functional groups attached to an aromatic ring is 1. The largest absolute Gasteiger partial charge is 0.383 e. The number of nitrogens with zero attached hydrogens (tertiary/aromatic N) is 2. The lowest BCUT2D eigenvalue weighted by molar-refractivity contribution is 0.889. The number of aromatic nitrogens is 2.